The molecule has 0 aliphatic carbocycles. The Labute approximate surface area is 120 Å². The van der Waals surface area contributed by atoms with Crippen LogP contribution in [0.1, 0.15) is 41.6 Å². The smallest absolute Gasteiger partial charge is 0.220 e. The maximum atomic E-state index is 11.8. The molecule has 2 aromatic carbocycles. The van der Waals surface area contributed by atoms with Crippen LogP contribution < -0.4 is 5.32 Å². The largest absolute Gasteiger partial charge is 0.345 e. The molecule has 0 unspecified atom stereocenters. The molecule has 2 rings (SSSR count). The van der Waals surface area contributed by atoms with Crippen molar-refractivity contribution in [2.24, 2.45) is 0 Å². The van der Waals surface area contributed by atoms with Gasteiger partial charge in [-0.15, -0.1) is 0 Å². The van der Waals surface area contributed by atoms with Crippen molar-refractivity contribution in [2.75, 3.05) is 0 Å². The van der Waals surface area contributed by atoms with Crippen molar-refractivity contribution < 1.29 is 4.79 Å². The van der Waals surface area contributed by atoms with Crippen LogP contribution >= 0.6 is 0 Å². The molecule has 1 atom stereocenters. The highest BCUT2D eigenvalue weighted by Gasteiger charge is 2.17. The number of nitrogens with one attached hydrogen (secondary N) is 1. The molecular weight excluding hydrogens is 246 g/mol. The fraction of sp³-hybridized carbons (Fsp3) is 0.278. The van der Waals surface area contributed by atoms with Gasteiger partial charge in [-0.3, -0.25) is 4.79 Å². The summed E-state index contributed by atoms with van der Waals surface area (Å²) in [5.41, 5.74) is 4.71. The van der Waals surface area contributed by atoms with E-state index in [1.54, 1.807) is 0 Å². The Bertz CT molecular complexity index is 590. The molecule has 0 radical (unpaired) electrons. The van der Waals surface area contributed by atoms with Gasteiger partial charge >= 0.3 is 0 Å². The second kappa shape index (κ2) is 6.38. The Hall–Kier alpha value is -2.09. The number of aryl methyl sites for hydroxylation is 2. The lowest BCUT2D eigenvalue weighted by Gasteiger charge is -2.21. The minimum absolute atomic E-state index is 0.0684. The lowest BCUT2D eigenvalue weighted by molar-refractivity contribution is -0.121. The molecule has 0 saturated carbocycles. The molecule has 0 aliphatic heterocycles. The van der Waals surface area contributed by atoms with Crippen molar-refractivity contribution in [2.45, 2.75) is 33.2 Å². The Morgan fingerprint density at radius 2 is 1.80 bits per heavy atom. The van der Waals surface area contributed by atoms with Gasteiger partial charge in [-0.05, 0) is 30.5 Å². The van der Waals surface area contributed by atoms with Gasteiger partial charge in [-0.25, -0.2) is 0 Å². The Balaban J connectivity index is 2.43. The lowest BCUT2D eigenvalue weighted by Crippen LogP contribution is -2.29. The van der Waals surface area contributed by atoms with Crippen molar-refractivity contribution >= 4 is 5.91 Å². The van der Waals surface area contributed by atoms with Gasteiger partial charge in [0.2, 0.25) is 5.91 Å². The quantitative estimate of drug-likeness (QED) is 0.893. The van der Waals surface area contributed by atoms with Gasteiger partial charge in [0, 0.05) is 6.42 Å². The second-order valence-electron chi connectivity index (χ2n) is 5.12. The fourth-order valence-electron chi connectivity index (χ4n) is 2.40. The van der Waals surface area contributed by atoms with Crippen LogP contribution in [0.2, 0.25) is 0 Å². The van der Waals surface area contributed by atoms with Crippen LogP contribution in [0.15, 0.2) is 48.5 Å². The van der Waals surface area contributed by atoms with Crippen LogP contribution in [0.4, 0.5) is 0 Å². The van der Waals surface area contributed by atoms with Crippen LogP contribution in [0.25, 0.3) is 0 Å². The molecule has 2 aromatic rings. The molecular formula is C18H21NO. The Morgan fingerprint density at radius 1 is 1.10 bits per heavy atom. The van der Waals surface area contributed by atoms with Gasteiger partial charge in [0.1, 0.15) is 0 Å². The number of hydrogen-bond acceptors (Lipinski definition) is 1. The van der Waals surface area contributed by atoms with Crippen LogP contribution in [-0.2, 0) is 4.79 Å². The highest BCUT2D eigenvalue weighted by Crippen LogP contribution is 2.25. The zero-order valence-corrected chi connectivity index (χ0v) is 12.3. The molecule has 2 nitrogen and oxygen atoms in total. The predicted octanol–water partition coefficient (Wildman–Crippen LogP) is 3.92. The van der Waals surface area contributed by atoms with E-state index in [2.05, 4.69) is 49.5 Å². The second-order valence-corrected chi connectivity index (χ2v) is 5.12. The predicted molar refractivity (Wildman–Crippen MR) is 82.6 cm³/mol. The standard InChI is InChI=1S/C18H21NO/c1-4-17(20)19-18(15-8-6-5-7-9-15)16-11-10-13(2)12-14(16)3/h5-12,18H,4H2,1-3H3,(H,19,20)/t18-/m0/s1. The van der Waals surface area contributed by atoms with Crippen LogP contribution in [-0.4, -0.2) is 5.91 Å². The maximum absolute atomic E-state index is 11.8. The average molecular weight is 267 g/mol. The summed E-state index contributed by atoms with van der Waals surface area (Å²) in [7, 11) is 0. The molecule has 0 bridgehead atoms. The van der Waals surface area contributed by atoms with E-state index in [9.17, 15) is 4.79 Å². The number of hydrogen-bond donors (Lipinski definition) is 1. The minimum atomic E-state index is -0.0794. The maximum Gasteiger partial charge on any atom is 0.220 e. The number of rotatable bonds is 4. The Kier molecular flexibility index (Phi) is 4.57. The summed E-state index contributed by atoms with van der Waals surface area (Å²) >= 11 is 0. The number of benzene rings is 2. The first-order valence-corrected chi connectivity index (χ1v) is 7.03. The number of amides is 1. The van der Waals surface area contributed by atoms with E-state index in [1.807, 2.05) is 25.1 Å². The molecule has 0 aliphatic rings. The molecule has 0 heterocycles. The summed E-state index contributed by atoms with van der Waals surface area (Å²) in [6.45, 7) is 6.05. The third kappa shape index (κ3) is 3.27. The SMILES string of the molecule is CCC(=O)N[C@@H](c1ccccc1)c1ccc(C)cc1C. The number of carbonyl (C=O) groups is 1. The van der Waals surface area contributed by atoms with E-state index < -0.39 is 0 Å². The molecule has 20 heavy (non-hydrogen) atoms. The van der Waals surface area contributed by atoms with Crippen LogP contribution in [0, 0.1) is 13.8 Å². The first-order chi connectivity index (χ1) is 9.61. The zero-order valence-electron chi connectivity index (χ0n) is 12.3. The van der Waals surface area contributed by atoms with Gasteiger partial charge in [-0.1, -0.05) is 61.0 Å². The summed E-state index contributed by atoms with van der Waals surface area (Å²) in [5, 5.41) is 3.12. The molecule has 1 amide bonds. The van der Waals surface area contributed by atoms with Crippen LogP contribution in [0.5, 0.6) is 0 Å². The lowest BCUT2D eigenvalue weighted by atomic mass is 9.93. The summed E-state index contributed by atoms with van der Waals surface area (Å²) in [6.07, 6.45) is 0.494. The minimum Gasteiger partial charge on any atom is -0.345 e. The van der Waals surface area contributed by atoms with Gasteiger partial charge in [-0.2, -0.15) is 0 Å². The molecule has 1 N–H and O–H groups in total. The number of carbonyl (C=O) groups excluding carboxylic acids is 1. The van der Waals surface area contributed by atoms with Crippen molar-refractivity contribution in [1.29, 1.82) is 0 Å². The third-order valence-corrected chi connectivity index (χ3v) is 3.50. The summed E-state index contributed by atoms with van der Waals surface area (Å²) in [6, 6.07) is 16.4. The van der Waals surface area contributed by atoms with Crippen molar-refractivity contribution in [3.05, 3.63) is 70.8 Å². The third-order valence-electron chi connectivity index (χ3n) is 3.50. The summed E-state index contributed by atoms with van der Waals surface area (Å²) in [4.78, 5) is 11.8. The van der Waals surface area contributed by atoms with E-state index in [0.29, 0.717) is 6.42 Å². The molecule has 0 aromatic heterocycles. The van der Waals surface area contributed by atoms with Gasteiger partial charge < -0.3 is 5.32 Å². The van der Waals surface area contributed by atoms with Gasteiger partial charge in [0.25, 0.3) is 0 Å². The molecule has 0 saturated heterocycles. The van der Waals surface area contributed by atoms with E-state index >= 15 is 0 Å². The molecule has 0 fully saturated rings. The van der Waals surface area contributed by atoms with Crippen molar-refractivity contribution in [3.8, 4) is 0 Å². The summed E-state index contributed by atoms with van der Waals surface area (Å²) < 4.78 is 0. The first-order valence-electron chi connectivity index (χ1n) is 7.03. The normalized spacial score (nSPS) is 11.9. The summed E-state index contributed by atoms with van der Waals surface area (Å²) in [5.74, 6) is 0.0684. The van der Waals surface area contributed by atoms with Crippen LogP contribution in [0.3, 0.4) is 0 Å². The highest BCUT2D eigenvalue weighted by molar-refractivity contribution is 5.76. The first kappa shape index (κ1) is 14.3. The zero-order chi connectivity index (χ0) is 14.5. The molecule has 2 heteroatoms. The topological polar surface area (TPSA) is 29.1 Å². The fourth-order valence-corrected chi connectivity index (χ4v) is 2.40. The van der Waals surface area contributed by atoms with Crippen molar-refractivity contribution in [3.63, 3.8) is 0 Å². The Morgan fingerprint density at radius 3 is 2.40 bits per heavy atom. The van der Waals surface area contributed by atoms with E-state index in [4.69, 9.17) is 0 Å². The van der Waals surface area contributed by atoms with E-state index in [1.165, 1.54) is 11.1 Å². The highest BCUT2D eigenvalue weighted by atomic mass is 16.1. The molecule has 0 spiro atoms. The van der Waals surface area contributed by atoms with Crippen molar-refractivity contribution in [1.82, 2.24) is 5.32 Å². The monoisotopic (exact) mass is 267 g/mol. The van der Waals surface area contributed by atoms with E-state index in [0.717, 1.165) is 11.1 Å². The van der Waals surface area contributed by atoms with Gasteiger partial charge in [0.15, 0.2) is 0 Å². The van der Waals surface area contributed by atoms with E-state index in [-0.39, 0.29) is 11.9 Å². The molecule has 104 valence electrons. The van der Waals surface area contributed by atoms with Gasteiger partial charge in [0.05, 0.1) is 6.04 Å². The average Bonchev–Trinajstić information content (AvgIpc) is 2.46.